The highest BCUT2D eigenvalue weighted by Gasteiger charge is 2.18. The van der Waals surface area contributed by atoms with E-state index in [4.69, 9.17) is 21.1 Å². The van der Waals surface area contributed by atoms with Gasteiger partial charge in [0, 0.05) is 11.8 Å². The lowest BCUT2D eigenvalue weighted by Crippen LogP contribution is -2.25. The van der Waals surface area contributed by atoms with Gasteiger partial charge in [0.1, 0.15) is 10.9 Å². The van der Waals surface area contributed by atoms with Gasteiger partial charge in [0.25, 0.3) is 5.91 Å². The van der Waals surface area contributed by atoms with Gasteiger partial charge in [0.15, 0.2) is 19.0 Å². The Morgan fingerprint density at radius 2 is 2.08 bits per heavy atom. The Morgan fingerprint density at radius 1 is 1.25 bits per heavy atom. The van der Waals surface area contributed by atoms with E-state index in [-0.39, 0.29) is 23.2 Å². The number of halogens is 1. The first-order valence-electron chi connectivity index (χ1n) is 6.91. The molecule has 1 aromatic heterocycles. The molecule has 24 heavy (non-hydrogen) atoms. The van der Waals surface area contributed by atoms with Gasteiger partial charge in [-0.2, -0.15) is 0 Å². The molecule has 0 saturated carbocycles. The number of esters is 1. The number of ether oxygens (including phenoxy) is 2. The molecule has 3 rings (SSSR count). The van der Waals surface area contributed by atoms with Gasteiger partial charge in [0.2, 0.25) is 0 Å². The van der Waals surface area contributed by atoms with Gasteiger partial charge >= 0.3 is 5.97 Å². The quantitative estimate of drug-likeness (QED) is 0.517. The molecule has 1 N–H and O–H groups in total. The zero-order valence-corrected chi connectivity index (χ0v) is 13.0. The summed E-state index contributed by atoms with van der Waals surface area (Å²) in [5, 5.41) is 2.76. The SMILES string of the molecule is O=C1COc2ccc(C(=O)COC(=O)c3ccnc(Cl)c3)cc2N1. The van der Waals surface area contributed by atoms with E-state index < -0.39 is 18.4 Å². The number of nitrogens with one attached hydrogen (secondary N) is 1. The fourth-order valence-corrected chi connectivity index (χ4v) is 2.26. The fourth-order valence-electron chi connectivity index (χ4n) is 2.08. The maximum Gasteiger partial charge on any atom is 0.338 e. The first-order valence-corrected chi connectivity index (χ1v) is 7.29. The summed E-state index contributed by atoms with van der Waals surface area (Å²) >= 11 is 5.69. The number of pyridine rings is 1. The molecule has 1 aliphatic rings. The van der Waals surface area contributed by atoms with Gasteiger partial charge in [-0.15, -0.1) is 0 Å². The molecule has 0 fully saturated rings. The van der Waals surface area contributed by atoms with E-state index in [1.165, 1.54) is 30.5 Å². The highest BCUT2D eigenvalue weighted by atomic mass is 35.5. The number of hydrogen-bond donors (Lipinski definition) is 1. The standard InChI is InChI=1S/C16H11ClN2O5/c17-14-6-10(3-4-18-14)16(22)24-7-12(20)9-1-2-13-11(5-9)19-15(21)8-23-13/h1-6H,7-8H2,(H,19,21). The highest BCUT2D eigenvalue weighted by Crippen LogP contribution is 2.28. The van der Waals surface area contributed by atoms with Crippen molar-refractivity contribution >= 4 is 34.9 Å². The second kappa shape index (κ2) is 6.67. The number of fused-ring (bicyclic) bond motifs is 1. The van der Waals surface area contributed by atoms with E-state index >= 15 is 0 Å². The molecule has 1 aromatic carbocycles. The van der Waals surface area contributed by atoms with Crippen molar-refractivity contribution in [3.05, 3.63) is 52.8 Å². The molecule has 0 aliphatic carbocycles. The zero-order chi connectivity index (χ0) is 17.1. The normalized spacial score (nSPS) is 12.6. The molecule has 2 aromatic rings. The molecule has 0 radical (unpaired) electrons. The Kier molecular flexibility index (Phi) is 4.43. The highest BCUT2D eigenvalue weighted by molar-refractivity contribution is 6.29. The lowest BCUT2D eigenvalue weighted by atomic mass is 10.1. The van der Waals surface area contributed by atoms with E-state index in [2.05, 4.69) is 10.3 Å². The van der Waals surface area contributed by atoms with Crippen LogP contribution < -0.4 is 10.1 Å². The minimum Gasteiger partial charge on any atom is -0.482 e. The first kappa shape index (κ1) is 15.9. The average molecular weight is 347 g/mol. The summed E-state index contributed by atoms with van der Waals surface area (Å²) in [6.45, 7) is -0.501. The molecule has 122 valence electrons. The number of ketones is 1. The lowest BCUT2D eigenvalue weighted by Gasteiger charge is -2.18. The van der Waals surface area contributed by atoms with Gasteiger partial charge in [-0.25, -0.2) is 9.78 Å². The molecule has 0 unspecified atom stereocenters. The van der Waals surface area contributed by atoms with E-state index in [0.29, 0.717) is 17.0 Å². The Morgan fingerprint density at radius 3 is 2.88 bits per heavy atom. The second-order valence-electron chi connectivity index (χ2n) is 4.91. The summed E-state index contributed by atoms with van der Waals surface area (Å²) in [5.41, 5.74) is 0.901. The van der Waals surface area contributed by atoms with Crippen LogP contribution in [0.15, 0.2) is 36.5 Å². The van der Waals surface area contributed by atoms with Crippen LogP contribution in [0.25, 0.3) is 0 Å². The van der Waals surface area contributed by atoms with Gasteiger partial charge < -0.3 is 14.8 Å². The van der Waals surface area contributed by atoms with Crippen LogP contribution in [-0.4, -0.2) is 35.9 Å². The van der Waals surface area contributed by atoms with Crippen molar-refractivity contribution in [2.24, 2.45) is 0 Å². The predicted molar refractivity (Wildman–Crippen MR) is 84.4 cm³/mol. The van der Waals surface area contributed by atoms with Crippen LogP contribution in [-0.2, 0) is 9.53 Å². The first-order chi connectivity index (χ1) is 11.5. The molecule has 0 atom stereocenters. The summed E-state index contributed by atoms with van der Waals surface area (Å²) < 4.78 is 10.2. The number of anilines is 1. The number of rotatable bonds is 4. The molecule has 7 nitrogen and oxygen atoms in total. The van der Waals surface area contributed by atoms with Crippen molar-refractivity contribution < 1.29 is 23.9 Å². The van der Waals surface area contributed by atoms with Crippen LogP contribution in [0.5, 0.6) is 5.75 Å². The summed E-state index contributed by atoms with van der Waals surface area (Å²) in [6, 6.07) is 7.37. The monoisotopic (exact) mass is 346 g/mol. The number of hydrogen-bond acceptors (Lipinski definition) is 6. The third-order valence-corrected chi connectivity index (χ3v) is 3.44. The van der Waals surface area contributed by atoms with Gasteiger partial charge in [-0.3, -0.25) is 9.59 Å². The van der Waals surface area contributed by atoms with Gasteiger partial charge in [-0.1, -0.05) is 11.6 Å². The number of carbonyl (C=O) groups excluding carboxylic acids is 3. The topological polar surface area (TPSA) is 94.6 Å². The number of nitrogens with zero attached hydrogens (tertiary/aromatic N) is 1. The molecule has 0 bridgehead atoms. The fraction of sp³-hybridized carbons (Fsp3) is 0.125. The molecule has 8 heteroatoms. The Labute approximate surface area is 141 Å². The van der Waals surface area contributed by atoms with Gasteiger partial charge in [-0.05, 0) is 30.3 Å². The molecule has 1 aliphatic heterocycles. The summed E-state index contributed by atoms with van der Waals surface area (Å²) in [5.74, 6) is -0.906. The molecular formula is C16H11ClN2O5. The number of Topliss-reactive ketones (excluding diaryl/α,β-unsaturated/α-hetero) is 1. The smallest absolute Gasteiger partial charge is 0.338 e. The third-order valence-electron chi connectivity index (χ3n) is 3.23. The number of amides is 1. The molecule has 0 spiro atoms. The minimum atomic E-state index is -0.678. The van der Waals surface area contributed by atoms with Crippen LogP contribution in [0, 0.1) is 0 Å². The summed E-state index contributed by atoms with van der Waals surface area (Å²) in [4.78, 5) is 39.1. The minimum absolute atomic E-state index is 0.0631. The predicted octanol–water partition coefficient (Wildman–Crippen LogP) is 2.11. The van der Waals surface area contributed by atoms with Crippen molar-refractivity contribution in [2.45, 2.75) is 0 Å². The molecular weight excluding hydrogens is 336 g/mol. The number of benzene rings is 1. The van der Waals surface area contributed by atoms with Crippen LogP contribution in [0.4, 0.5) is 5.69 Å². The van der Waals surface area contributed by atoms with Crippen molar-refractivity contribution in [1.82, 2.24) is 4.98 Å². The van der Waals surface area contributed by atoms with E-state index in [1.54, 1.807) is 6.07 Å². The molecule has 0 saturated heterocycles. The van der Waals surface area contributed by atoms with E-state index in [1.807, 2.05) is 0 Å². The molecule has 1 amide bonds. The van der Waals surface area contributed by atoms with Crippen molar-refractivity contribution in [3.63, 3.8) is 0 Å². The number of carbonyl (C=O) groups is 3. The molecule has 2 heterocycles. The van der Waals surface area contributed by atoms with E-state index in [0.717, 1.165) is 0 Å². The summed E-state index contributed by atoms with van der Waals surface area (Å²) in [6.07, 6.45) is 1.37. The van der Waals surface area contributed by atoms with Gasteiger partial charge in [0.05, 0.1) is 11.3 Å². The average Bonchev–Trinajstić information content (AvgIpc) is 2.58. The maximum atomic E-state index is 12.1. The Balaban J connectivity index is 1.66. The second-order valence-corrected chi connectivity index (χ2v) is 5.30. The summed E-state index contributed by atoms with van der Waals surface area (Å²) in [7, 11) is 0. The largest absolute Gasteiger partial charge is 0.482 e. The Hall–Kier alpha value is -2.93. The van der Waals surface area contributed by atoms with Crippen molar-refractivity contribution in [1.29, 1.82) is 0 Å². The van der Waals surface area contributed by atoms with Crippen molar-refractivity contribution in [3.8, 4) is 5.75 Å². The lowest BCUT2D eigenvalue weighted by molar-refractivity contribution is -0.118. The van der Waals surface area contributed by atoms with Crippen LogP contribution >= 0.6 is 11.6 Å². The number of aromatic nitrogens is 1. The van der Waals surface area contributed by atoms with Crippen LogP contribution in [0.1, 0.15) is 20.7 Å². The Bertz CT molecular complexity index is 837. The third kappa shape index (κ3) is 3.52. The van der Waals surface area contributed by atoms with Crippen molar-refractivity contribution in [2.75, 3.05) is 18.5 Å². The van der Waals surface area contributed by atoms with E-state index in [9.17, 15) is 14.4 Å². The van der Waals surface area contributed by atoms with Crippen LogP contribution in [0.3, 0.4) is 0 Å². The maximum absolute atomic E-state index is 12.1. The zero-order valence-electron chi connectivity index (χ0n) is 12.2. The van der Waals surface area contributed by atoms with Crippen LogP contribution in [0.2, 0.25) is 5.15 Å².